The molecule has 0 spiro atoms. The Bertz CT molecular complexity index is 1180. The molecule has 30 heavy (non-hydrogen) atoms. The highest BCUT2D eigenvalue weighted by Crippen LogP contribution is 2.17. The molecule has 4 heteroatoms. The monoisotopic (exact) mass is 395 g/mol. The summed E-state index contributed by atoms with van der Waals surface area (Å²) >= 11 is 0. The van der Waals surface area contributed by atoms with Crippen molar-refractivity contribution in [3.63, 3.8) is 0 Å². The molecule has 3 aromatic carbocycles. The Morgan fingerprint density at radius 1 is 1.00 bits per heavy atom. The molecule has 4 aromatic rings. The van der Waals surface area contributed by atoms with E-state index < -0.39 is 0 Å². The van der Waals surface area contributed by atoms with Crippen molar-refractivity contribution in [1.29, 1.82) is 0 Å². The molecule has 4 rings (SSSR count). The predicted molar refractivity (Wildman–Crippen MR) is 122 cm³/mol. The van der Waals surface area contributed by atoms with E-state index in [0.717, 1.165) is 29.0 Å². The first-order valence-corrected chi connectivity index (χ1v) is 10.2. The van der Waals surface area contributed by atoms with E-state index in [-0.39, 0.29) is 5.91 Å². The number of fused-ring (bicyclic) bond motifs is 1. The van der Waals surface area contributed by atoms with Gasteiger partial charge in [-0.05, 0) is 36.8 Å². The number of aromatic nitrogens is 2. The van der Waals surface area contributed by atoms with E-state index in [4.69, 9.17) is 4.98 Å². The number of amides is 1. The number of nitrogens with zero attached hydrogens (tertiary/aromatic N) is 2. The molecule has 0 aliphatic rings. The largest absolute Gasteiger partial charge is 0.352 e. The molecule has 0 aliphatic heterocycles. The van der Waals surface area contributed by atoms with Gasteiger partial charge in [0.15, 0.2) is 0 Å². The van der Waals surface area contributed by atoms with Gasteiger partial charge in [-0.15, -0.1) is 0 Å². The van der Waals surface area contributed by atoms with Crippen LogP contribution in [0, 0.1) is 6.92 Å². The molecular weight excluding hydrogens is 370 g/mol. The van der Waals surface area contributed by atoms with Crippen molar-refractivity contribution in [2.24, 2.45) is 0 Å². The summed E-state index contributed by atoms with van der Waals surface area (Å²) in [6.07, 6.45) is 4.95. The third kappa shape index (κ3) is 4.66. The van der Waals surface area contributed by atoms with E-state index in [1.54, 1.807) is 0 Å². The maximum absolute atomic E-state index is 12.4. The summed E-state index contributed by atoms with van der Waals surface area (Å²) < 4.78 is 2.22. The van der Waals surface area contributed by atoms with Crippen LogP contribution in [0.25, 0.3) is 17.1 Å². The topological polar surface area (TPSA) is 46.9 Å². The molecule has 1 amide bonds. The first kappa shape index (κ1) is 19.6. The summed E-state index contributed by atoms with van der Waals surface area (Å²) in [5.41, 5.74) is 5.03. The van der Waals surface area contributed by atoms with Crippen molar-refractivity contribution in [2.45, 2.75) is 19.9 Å². The molecule has 4 nitrogen and oxygen atoms in total. The standard InChI is InChI=1S/C26H25N3O/c1-20-9-7-13-22(19-20)26(30)27-17-16-25-28-23-14-5-6-15-24(23)29(25)18-8-12-21-10-3-2-4-11-21/h2-15,19H,16-18H2,1H3,(H,27,30)/b12-8+. The fourth-order valence-corrected chi connectivity index (χ4v) is 3.55. The van der Waals surface area contributed by atoms with E-state index in [0.29, 0.717) is 18.5 Å². The van der Waals surface area contributed by atoms with Gasteiger partial charge < -0.3 is 9.88 Å². The van der Waals surface area contributed by atoms with Gasteiger partial charge in [0.2, 0.25) is 0 Å². The molecule has 0 unspecified atom stereocenters. The van der Waals surface area contributed by atoms with Crippen LogP contribution < -0.4 is 5.32 Å². The van der Waals surface area contributed by atoms with Crippen LogP contribution in [-0.4, -0.2) is 22.0 Å². The van der Waals surface area contributed by atoms with Crippen LogP contribution in [0.5, 0.6) is 0 Å². The van der Waals surface area contributed by atoms with Crippen molar-refractivity contribution >= 4 is 23.0 Å². The van der Waals surface area contributed by atoms with Gasteiger partial charge in [0.1, 0.15) is 5.82 Å². The molecule has 0 saturated heterocycles. The summed E-state index contributed by atoms with van der Waals surface area (Å²) in [4.78, 5) is 17.2. The van der Waals surface area contributed by atoms with E-state index in [1.165, 1.54) is 5.56 Å². The van der Waals surface area contributed by atoms with Crippen LogP contribution >= 0.6 is 0 Å². The third-order valence-corrected chi connectivity index (χ3v) is 5.05. The van der Waals surface area contributed by atoms with E-state index in [1.807, 2.05) is 67.6 Å². The van der Waals surface area contributed by atoms with Crippen molar-refractivity contribution in [1.82, 2.24) is 14.9 Å². The fraction of sp³-hybridized carbons (Fsp3) is 0.154. The zero-order valence-electron chi connectivity index (χ0n) is 17.1. The molecule has 0 radical (unpaired) electrons. The average Bonchev–Trinajstić information content (AvgIpc) is 3.12. The molecule has 1 heterocycles. The second kappa shape index (κ2) is 9.23. The summed E-state index contributed by atoms with van der Waals surface area (Å²) in [6.45, 7) is 3.26. The lowest BCUT2D eigenvalue weighted by molar-refractivity contribution is 0.0954. The van der Waals surface area contributed by atoms with Crippen LogP contribution in [-0.2, 0) is 13.0 Å². The Hall–Kier alpha value is -3.66. The molecule has 0 atom stereocenters. The predicted octanol–water partition coefficient (Wildman–Crippen LogP) is 5.03. The van der Waals surface area contributed by atoms with Gasteiger partial charge in [-0.25, -0.2) is 4.98 Å². The van der Waals surface area contributed by atoms with Crippen molar-refractivity contribution in [3.8, 4) is 0 Å². The van der Waals surface area contributed by atoms with Crippen molar-refractivity contribution < 1.29 is 4.79 Å². The van der Waals surface area contributed by atoms with Gasteiger partial charge in [-0.2, -0.15) is 0 Å². The minimum atomic E-state index is -0.0506. The Kier molecular flexibility index (Phi) is 6.04. The number of rotatable bonds is 7. The number of carbonyl (C=O) groups is 1. The molecule has 1 N–H and O–H groups in total. The first-order valence-electron chi connectivity index (χ1n) is 10.2. The third-order valence-electron chi connectivity index (χ3n) is 5.05. The van der Waals surface area contributed by atoms with Gasteiger partial charge in [0.05, 0.1) is 11.0 Å². The maximum Gasteiger partial charge on any atom is 0.251 e. The number of imidazole rings is 1. The summed E-state index contributed by atoms with van der Waals surface area (Å²) in [7, 11) is 0. The normalized spacial score (nSPS) is 11.2. The number of hydrogen-bond donors (Lipinski definition) is 1. The quantitative estimate of drug-likeness (QED) is 0.477. The van der Waals surface area contributed by atoms with Gasteiger partial charge in [-0.1, -0.05) is 72.3 Å². The highest BCUT2D eigenvalue weighted by molar-refractivity contribution is 5.94. The van der Waals surface area contributed by atoms with Gasteiger partial charge >= 0.3 is 0 Å². The highest BCUT2D eigenvalue weighted by Gasteiger charge is 2.10. The fourth-order valence-electron chi connectivity index (χ4n) is 3.55. The number of aryl methyl sites for hydroxylation is 1. The number of carbonyl (C=O) groups excluding carboxylic acids is 1. The molecular formula is C26H25N3O. The highest BCUT2D eigenvalue weighted by atomic mass is 16.1. The number of hydrogen-bond acceptors (Lipinski definition) is 2. The minimum absolute atomic E-state index is 0.0506. The summed E-state index contributed by atoms with van der Waals surface area (Å²) in [6, 6.07) is 26.1. The van der Waals surface area contributed by atoms with Crippen LogP contribution in [0.15, 0.2) is 84.9 Å². The first-order chi connectivity index (χ1) is 14.7. The minimum Gasteiger partial charge on any atom is -0.352 e. The average molecular weight is 396 g/mol. The lowest BCUT2D eigenvalue weighted by Gasteiger charge is -2.08. The Morgan fingerprint density at radius 3 is 2.63 bits per heavy atom. The zero-order chi connectivity index (χ0) is 20.8. The van der Waals surface area contributed by atoms with Crippen LogP contribution in [0.4, 0.5) is 0 Å². The molecule has 1 aromatic heterocycles. The summed E-state index contributed by atoms with van der Waals surface area (Å²) in [5.74, 6) is 0.920. The van der Waals surface area contributed by atoms with E-state index in [2.05, 4.69) is 40.2 Å². The molecule has 0 bridgehead atoms. The SMILES string of the molecule is Cc1cccc(C(=O)NCCc2nc3ccccc3n2C/C=C/c2ccccc2)c1. The van der Waals surface area contributed by atoms with E-state index >= 15 is 0 Å². The molecule has 0 fully saturated rings. The van der Waals surface area contributed by atoms with Crippen molar-refractivity contribution in [3.05, 3.63) is 107 Å². The van der Waals surface area contributed by atoms with E-state index in [9.17, 15) is 4.79 Å². The second-order valence-electron chi connectivity index (χ2n) is 7.32. The number of nitrogens with one attached hydrogen (secondary N) is 1. The Labute approximate surface area is 176 Å². The zero-order valence-corrected chi connectivity index (χ0v) is 17.1. The number of para-hydroxylation sites is 2. The molecule has 150 valence electrons. The lowest BCUT2D eigenvalue weighted by Crippen LogP contribution is -2.26. The number of allylic oxidation sites excluding steroid dienone is 1. The lowest BCUT2D eigenvalue weighted by atomic mass is 10.1. The van der Waals surface area contributed by atoms with Crippen molar-refractivity contribution in [2.75, 3.05) is 6.54 Å². The Balaban J connectivity index is 1.47. The van der Waals surface area contributed by atoms with Gasteiger partial charge in [0, 0.05) is 25.1 Å². The van der Waals surface area contributed by atoms with Crippen LogP contribution in [0.3, 0.4) is 0 Å². The van der Waals surface area contributed by atoms with Crippen LogP contribution in [0.2, 0.25) is 0 Å². The molecule has 0 aliphatic carbocycles. The Morgan fingerprint density at radius 2 is 1.80 bits per heavy atom. The summed E-state index contributed by atoms with van der Waals surface area (Å²) in [5, 5.41) is 3.02. The molecule has 0 saturated carbocycles. The second-order valence-corrected chi connectivity index (χ2v) is 7.32. The maximum atomic E-state index is 12.4. The van der Waals surface area contributed by atoms with Gasteiger partial charge in [-0.3, -0.25) is 4.79 Å². The van der Waals surface area contributed by atoms with Gasteiger partial charge in [0.25, 0.3) is 5.91 Å². The number of benzene rings is 3. The smallest absolute Gasteiger partial charge is 0.251 e. The van der Waals surface area contributed by atoms with Crippen LogP contribution in [0.1, 0.15) is 27.3 Å².